The largest absolute Gasteiger partial charge is 0.497 e. The monoisotopic (exact) mass is 450 g/mol. The molecule has 3 aromatic heterocycles. The first-order valence-corrected chi connectivity index (χ1v) is 9.46. The topological polar surface area (TPSA) is 120 Å². The zero-order valence-corrected chi connectivity index (χ0v) is 18.0. The Kier molecular flexibility index (Phi) is 6.64. The second-order valence-electron chi connectivity index (χ2n) is 7.20. The molecular weight excluding hydrogens is 427 g/mol. The Hall–Kier alpha value is -2.62. The van der Waals surface area contributed by atoms with E-state index < -0.39 is 0 Å². The van der Waals surface area contributed by atoms with E-state index in [1.807, 2.05) is 22.8 Å². The zero-order valence-electron chi connectivity index (χ0n) is 16.4. The van der Waals surface area contributed by atoms with E-state index >= 15 is 0 Å². The molecule has 0 unspecified atom stereocenters. The minimum absolute atomic E-state index is 0. The summed E-state index contributed by atoms with van der Waals surface area (Å²) >= 11 is 0. The predicted molar refractivity (Wildman–Crippen MR) is 121 cm³/mol. The summed E-state index contributed by atoms with van der Waals surface area (Å²) in [5.41, 5.74) is 9.17. The molecule has 3 heterocycles. The van der Waals surface area contributed by atoms with Crippen LogP contribution in [0.4, 0.5) is 5.95 Å². The van der Waals surface area contributed by atoms with Gasteiger partial charge in [0.15, 0.2) is 17.0 Å². The first kappa shape index (κ1) is 22.1. The van der Waals surface area contributed by atoms with Gasteiger partial charge in [-0.25, -0.2) is 9.97 Å². The van der Waals surface area contributed by atoms with E-state index in [1.54, 1.807) is 19.8 Å². The maximum atomic E-state index is 6.02. The van der Waals surface area contributed by atoms with E-state index in [0.717, 1.165) is 42.5 Å². The number of benzene rings is 1. The average Bonchev–Trinajstić information content (AvgIpc) is 3.35. The third-order valence-electron chi connectivity index (χ3n) is 5.35. The molecule has 0 saturated heterocycles. The minimum Gasteiger partial charge on any atom is -0.497 e. The number of halogens is 2. The molecule has 9 nitrogen and oxygen atoms in total. The molecule has 1 saturated carbocycles. The van der Waals surface area contributed by atoms with Crippen LogP contribution in [0.25, 0.3) is 28.0 Å². The van der Waals surface area contributed by atoms with Gasteiger partial charge in [-0.1, -0.05) is 0 Å². The predicted octanol–water partition coefficient (Wildman–Crippen LogP) is 3.23. The molecule has 0 radical (unpaired) electrons. The van der Waals surface area contributed by atoms with Crippen LogP contribution in [0.2, 0.25) is 0 Å². The average molecular weight is 451 g/mol. The lowest BCUT2D eigenvalue weighted by molar-refractivity contribution is 0.410. The molecule has 0 amide bonds. The lowest BCUT2D eigenvalue weighted by atomic mass is 9.92. The van der Waals surface area contributed by atoms with Crippen molar-refractivity contribution in [2.75, 3.05) is 12.4 Å². The van der Waals surface area contributed by atoms with E-state index in [-0.39, 0.29) is 24.8 Å². The van der Waals surface area contributed by atoms with Crippen molar-refractivity contribution >= 4 is 53.0 Å². The van der Waals surface area contributed by atoms with E-state index in [4.69, 9.17) is 15.5 Å². The molecule has 0 spiro atoms. The fraction of sp³-hybridized carbons (Fsp3) is 0.368. The molecular formula is C19H24Cl2N8O. The number of methoxy groups -OCH3 is 1. The Morgan fingerprint density at radius 2 is 1.93 bits per heavy atom. The van der Waals surface area contributed by atoms with Crippen molar-refractivity contribution in [1.29, 1.82) is 0 Å². The van der Waals surface area contributed by atoms with Crippen LogP contribution in [-0.4, -0.2) is 48.7 Å². The Labute approximate surface area is 185 Å². The summed E-state index contributed by atoms with van der Waals surface area (Å²) in [7, 11) is 1.64. The Morgan fingerprint density at radius 3 is 2.70 bits per heavy atom. The van der Waals surface area contributed by atoms with Crippen LogP contribution in [0, 0.1) is 0 Å². The number of aromatic amines is 1. The normalized spacial score (nSPS) is 18.6. The minimum atomic E-state index is 0. The summed E-state index contributed by atoms with van der Waals surface area (Å²) in [6.07, 6.45) is 7.47. The first-order chi connectivity index (χ1) is 13.7. The highest BCUT2D eigenvalue weighted by atomic mass is 35.5. The van der Waals surface area contributed by atoms with Gasteiger partial charge in [0.25, 0.3) is 0 Å². The number of nitrogens with one attached hydrogen (secondary N) is 2. The molecule has 0 aliphatic heterocycles. The number of imidazole rings is 2. The molecule has 5 rings (SSSR count). The summed E-state index contributed by atoms with van der Waals surface area (Å²) < 4.78 is 7.23. The third kappa shape index (κ3) is 4.00. The van der Waals surface area contributed by atoms with Crippen LogP contribution < -0.4 is 15.8 Å². The quantitative estimate of drug-likeness (QED) is 0.436. The van der Waals surface area contributed by atoms with Gasteiger partial charge in [-0.05, 0) is 37.8 Å². The van der Waals surface area contributed by atoms with E-state index in [2.05, 4.69) is 25.3 Å². The maximum Gasteiger partial charge on any atom is 0.227 e. The van der Waals surface area contributed by atoms with Gasteiger partial charge in [0, 0.05) is 18.2 Å². The lowest BCUT2D eigenvalue weighted by Crippen LogP contribution is -2.33. The number of ether oxygens (including phenoxy) is 1. The molecule has 1 fully saturated rings. The van der Waals surface area contributed by atoms with Crippen molar-refractivity contribution in [3.05, 3.63) is 30.9 Å². The number of hydrogen-bond acceptors (Lipinski definition) is 7. The molecule has 0 atom stereocenters. The number of H-pyrrole nitrogens is 1. The number of fused-ring (bicyclic) bond motifs is 2. The van der Waals surface area contributed by atoms with Crippen molar-refractivity contribution in [3.8, 4) is 11.6 Å². The zero-order chi connectivity index (χ0) is 19.1. The second-order valence-corrected chi connectivity index (χ2v) is 7.20. The Balaban J connectivity index is 0.00000128. The number of anilines is 1. The smallest absolute Gasteiger partial charge is 0.227 e. The number of hydrogen-bond donors (Lipinski definition) is 3. The van der Waals surface area contributed by atoms with Gasteiger partial charge in [-0.15, -0.1) is 24.8 Å². The van der Waals surface area contributed by atoms with Crippen molar-refractivity contribution in [2.24, 2.45) is 5.73 Å². The van der Waals surface area contributed by atoms with Gasteiger partial charge in [0.05, 0.1) is 24.5 Å². The van der Waals surface area contributed by atoms with Crippen molar-refractivity contribution in [3.63, 3.8) is 0 Å². The molecule has 30 heavy (non-hydrogen) atoms. The van der Waals surface area contributed by atoms with E-state index in [1.165, 1.54) is 0 Å². The van der Waals surface area contributed by atoms with Crippen molar-refractivity contribution in [2.45, 2.75) is 37.8 Å². The maximum absolute atomic E-state index is 6.02. The fourth-order valence-corrected chi connectivity index (χ4v) is 3.79. The number of rotatable bonds is 4. The van der Waals surface area contributed by atoms with Crippen LogP contribution in [0.3, 0.4) is 0 Å². The van der Waals surface area contributed by atoms with Crippen LogP contribution in [0.5, 0.6) is 5.75 Å². The highest BCUT2D eigenvalue weighted by Crippen LogP contribution is 2.26. The summed E-state index contributed by atoms with van der Waals surface area (Å²) in [6, 6.07) is 6.42. The molecule has 1 aliphatic rings. The Bertz CT molecular complexity index is 1140. The highest BCUT2D eigenvalue weighted by molar-refractivity contribution is 5.86. The van der Waals surface area contributed by atoms with Gasteiger partial charge in [0.1, 0.15) is 12.1 Å². The molecule has 0 bridgehead atoms. The van der Waals surface area contributed by atoms with E-state index in [9.17, 15) is 0 Å². The summed E-state index contributed by atoms with van der Waals surface area (Å²) in [5, 5.41) is 3.47. The van der Waals surface area contributed by atoms with Crippen molar-refractivity contribution in [1.82, 2.24) is 29.5 Å². The highest BCUT2D eigenvalue weighted by Gasteiger charge is 2.21. The van der Waals surface area contributed by atoms with E-state index in [0.29, 0.717) is 35.0 Å². The second kappa shape index (κ2) is 9.03. The van der Waals surface area contributed by atoms with Gasteiger partial charge >= 0.3 is 0 Å². The molecule has 11 heteroatoms. The summed E-state index contributed by atoms with van der Waals surface area (Å²) in [5.74, 6) is 2.04. The summed E-state index contributed by atoms with van der Waals surface area (Å²) in [4.78, 5) is 21.4. The van der Waals surface area contributed by atoms with Crippen LogP contribution in [-0.2, 0) is 0 Å². The molecule has 160 valence electrons. The number of nitrogens with two attached hydrogens (primary N) is 1. The van der Waals surface area contributed by atoms with Gasteiger partial charge < -0.3 is 20.8 Å². The first-order valence-electron chi connectivity index (χ1n) is 9.46. The van der Waals surface area contributed by atoms with Gasteiger partial charge in [0.2, 0.25) is 5.95 Å². The molecule has 1 aromatic carbocycles. The summed E-state index contributed by atoms with van der Waals surface area (Å²) in [6.45, 7) is 0. The van der Waals surface area contributed by atoms with Crippen LogP contribution in [0.15, 0.2) is 30.9 Å². The Morgan fingerprint density at radius 1 is 1.13 bits per heavy atom. The fourth-order valence-electron chi connectivity index (χ4n) is 3.79. The lowest BCUT2D eigenvalue weighted by Gasteiger charge is -2.26. The van der Waals surface area contributed by atoms with Gasteiger partial charge in [-0.3, -0.25) is 4.57 Å². The van der Waals surface area contributed by atoms with Crippen LogP contribution in [0.1, 0.15) is 25.7 Å². The number of nitrogens with zero attached hydrogens (tertiary/aromatic N) is 5. The number of aromatic nitrogens is 6. The van der Waals surface area contributed by atoms with Gasteiger partial charge in [-0.2, -0.15) is 9.97 Å². The van der Waals surface area contributed by atoms with Crippen LogP contribution >= 0.6 is 24.8 Å². The van der Waals surface area contributed by atoms with Crippen molar-refractivity contribution < 1.29 is 4.74 Å². The molecule has 1 aliphatic carbocycles. The molecule has 4 aromatic rings. The third-order valence-corrected chi connectivity index (χ3v) is 5.35. The SMILES string of the molecule is COc1ccc2c(c1)ncn2-c1nc(N[C@H]2CC[C@H](N)CC2)nc2[nH]cnc12.Cl.Cl. The standard InChI is InChI=1S/C19H22N8O.2ClH/c1-28-13-6-7-15-14(8-13)23-10-27(15)18-16-17(22-9-21-16)25-19(26-18)24-12-4-2-11(20)3-5-12;;/h6-12H,2-5,20H2,1H3,(H2,21,22,24,25,26);2*1H/t11-,12-;;. The molecule has 4 N–H and O–H groups in total.